The quantitative estimate of drug-likeness (QED) is 0.681. The third kappa shape index (κ3) is 3.73. The molecule has 0 radical (unpaired) electrons. The summed E-state index contributed by atoms with van der Waals surface area (Å²) in [5.74, 6) is 0.126. The number of hydrogen-bond acceptors (Lipinski definition) is 4. The molecule has 1 fully saturated rings. The summed E-state index contributed by atoms with van der Waals surface area (Å²) >= 11 is 3.87. The number of hydrogen-bond donors (Lipinski definition) is 2. The van der Waals surface area contributed by atoms with Gasteiger partial charge in [0, 0.05) is 25.4 Å². The van der Waals surface area contributed by atoms with Gasteiger partial charge in [-0.05, 0) is 13.3 Å². The third-order valence-electron chi connectivity index (χ3n) is 3.20. The van der Waals surface area contributed by atoms with Crippen LogP contribution in [-0.4, -0.2) is 47.4 Å². The van der Waals surface area contributed by atoms with Crippen LogP contribution in [0.1, 0.15) is 26.7 Å². The summed E-state index contributed by atoms with van der Waals surface area (Å²) in [4.78, 5) is 36.0. The van der Waals surface area contributed by atoms with Crippen LogP contribution >= 0.6 is 12.6 Å². The zero-order chi connectivity index (χ0) is 13.7. The molecule has 6 heteroatoms. The standard InChI is InChI=1S/C12H20N2O3S/c1-3-10(8(2)15)14-6-9(4-12(14)17)5-13-11(16)7-18/h9-10,18H,3-7H2,1-2H3,(H,13,16)/t9?,10-/m1/s1. The number of ketones is 1. The first-order valence-corrected chi connectivity index (χ1v) is 6.80. The van der Waals surface area contributed by atoms with Crippen molar-refractivity contribution in [2.24, 2.45) is 5.92 Å². The topological polar surface area (TPSA) is 66.5 Å². The van der Waals surface area contributed by atoms with E-state index >= 15 is 0 Å². The summed E-state index contributed by atoms with van der Waals surface area (Å²) in [6.45, 7) is 4.42. The Morgan fingerprint density at radius 2 is 2.22 bits per heavy atom. The summed E-state index contributed by atoms with van der Waals surface area (Å²) in [6, 6.07) is -0.317. The smallest absolute Gasteiger partial charge is 0.229 e. The van der Waals surface area contributed by atoms with Crippen LogP contribution in [-0.2, 0) is 14.4 Å². The minimum absolute atomic E-state index is 0.00201. The highest BCUT2D eigenvalue weighted by Gasteiger charge is 2.35. The lowest BCUT2D eigenvalue weighted by molar-refractivity contribution is -0.135. The first kappa shape index (κ1) is 15.0. The largest absolute Gasteiger partial charge is 0.355 e. The van der Waals surface area contributed by atoms with Crippen LogP contribution in [0.3, 0.4) is 0 Å². The molecular formula is C12H20N2O3S. The molecule has 5 nitrogen and oxygen atoms in total. The molecule has 0 bridgehead atoms. The van der Waals surface area contributed by atoms with E-state index in [0.717, 1.165) is 0 Å². The van der Waals surface area contributed by atoms with Crippen LogP contribution in [0.5, 0.6) is 0 Å². The number of Topliss-reactive ketones (excluding diaryl/α,β-unsaturated/α-hetero) is 1. The molecule has 1 aliphatic rings. The van der Waals surface area contributed by atoms with E-state index in [-0.39, 0.29) is 35.3 Å². The van der Waals surface area contributed by atoms with E-state index in [1.54, 1.807) is 4.90 Å². The zero-order valence-corrected chi connectivity index (χ0v) is 11.7. The number of rotatable bonds is 6. The Kier molecular flexibility index (Phi) is 5.65. The minimum atomic E-state index is -0.317. The van der Waals surface area contributed by atoms with Crippen molar-refractivity contribution >= 4 is 30.2 Å². The molecule has 0 aromatic heterocycles. The van der Waals surface area contributed by atoms with Gasteiger partial charge in [-0.25, -0.2) is 0 Å². The van der Waals surface area contributed by atoms with Crippen molar-refractivity contribution in [3.63, 3.8) is 0 Å². The molecule has 1 unspecified atom stereocenters. The van der Waals surface area contributed by atoms with Gasteiger partial charge >= 0.3 is 0 Å². The van der Waals surface area contributed by atoms with Crippen LogP contribution in [0.15, 0.2) is 0 Å². The maximum atomic E-state index is 11.8. The molecule has 0 aliphatic carbocycles. The van der Waals surface area contributed by atoms with Gasteiger partial charge in [0.05, 0.1) is 11.8 Å². The van der Waals surface area contributed by atoms with Gasteiger partial charge in [-0.3, -0.25) is 14.4 Å². The molecule has 1 aliphatic heterocycles. The van der Waals surface area contributed by atoms with E-state index < -0.39 is 0 Å². The molecule has 1 heterocycles. The number of thiol groups is 1. The Morgan fingerprint density at radius 1 is 1.56 bits per heavy atom. The van der Waals surface area contributed by atoms with Gasteiger partial charge in [0.25, 0.3) is 0 Å². The van der Waals surface area contributed by atoms with Crippen molar-refractivity contribution in [1.82, 2.24) is 10.2 Å². The SMILES string of the molecule is CC[C@H](C(C)=O)N1CC(CNC(=O)CS)CC1=O. The van der Waals surface area contributed by atoms with Gasteiger partial charge in [-0.1, -0.05) is 6.92 Å². The fraction of sp³-hybridized carbons (Fsp3) is 0.750. The van der Waals surface area contributed by atoms with Crippen LogP contribution < -0.4 is 5.32 Å². The number of nitrogens with one attached hydrogen (secondary N) is 1. The normalized spacial score (nSPS) is 20.9. The van der Waals surface area contributed by atoms with E-state index in [4.69, 9.17) is 0 Å². The number of nitrogens with zero attached hydrogens (tertiary/aromatic N) is 1. The van der Waals surface area contributed by atoms with Crippen molar-refractivity contribution in [1.29, 1.82) is 0 Å². The zero-order valence-electron chi connectivity index (χ0n) is 10.8. The molecule has 1 N–H and O–H groups in total. The molecule has 0 saturated carbocycles. The van der Waals surface area contributed by atoms with E-state index in [9.17, 15) is 14.4 Å². The summed E-state index contributed by atoms with van der Waals surface area (Å²) in [7, 11) is 0. The Balaban J connectivity index is 2.53. The number of carbonyl (C=O) groups is 3. The van der Waals surface area contributed by atoms with Gasteiger partial charge < -0.3 is 10.2 Å². The van der Waals surface area contributed by atoms with E-state index in [1.165, 1.54) is 6.92 Å². The van der Waals surface area contributed by atoms with Crippen LogP contribution in [0.2, 0.25) is 0 Å². The number of likely N-dealkylation sites (tertiary alicyclic amines) is 1. The molecule has 1 rings (SSSR count). The molecule has 1 saturated heterocycles. The molecule has 0 aromatic rings. The highest BCUT2D eigenvalue weighted by Crippen LogP contribution is 2.21. The van der Waals surface area contributed by atoms with Crippen LogP contribution in [0.25, 0.3) is 0 Å². The Labute approximate surface area is 113 Å². The molecule has 2 atom stereocenters. The van der Waals surface area contributed by atoms with Crippen molar-refractivity contribution < 1.29 is 14.4 Å². The molecule has 102 valence electrons. The van der Waals surface area contributed by atoms with E-state index in [1.807, 2.05) is 6.92 Å². The van der Waals surface area contributed by atoms with Gasteiger partial charge in [-0.2, -0.15) is 12.6 Å². The van der Waals surface area contributed by atoms with Gasteiger partial charge in [0.1, 0.15) is 0 Å². The first-order chi connectivity index (χ1) is 8.49. The lowest BCUT2D eigenvalue weighted by Crippen LogP contribution is -2.41. The average molecular weight is 272 g/mol. The lowest BCUT2D eigenvalue weighted by atomic mass is 10.1. The Hall–Kier alpha value is -1.04. The lowest BCUT2D eigenvalue weighted by Gasteiger charge is -2.25. The second-order valence-corrected chi connectivity index (χ2v) is 4.93. The van der Waals surface area contributed by atoms with Crippen molar-refractivity contribution in [3.8, 4) is 0 Å². The van der Waals surface area contributed by atoms with E-state index in [0.29, 0.717) is 25.9 Å². The molecule has 0 aromatic carbocycles. The highest BCUT2D eigenvalue weighted by molar-refractivity contribution is 7.81. The summed E-state index contributed by atoms with van der Waals surface area (Å²) < 4.78 is 0. The molecular weight excluding hydrogens is 252 g/mol. The number of amides is 2. The van der Waals surface area contributed by atoms with Crippen LogP contribution in [0.4, 0.5) is 0 Å². The highest BCUT2D eigenvalue weighted by atomic mass is 32.1. The second-order valence-electron chi connectivity index (χ2n) is 4.61. The predicted molar refractivity (Wildman–Crippen MR) is 71.4 cm³/mol. The van der Waals surface area contributed by atoms with Gasteiger partial charge in [0.2, 0.25) is 11.8 Å². The molecule has 18 heavy (non-hydrogen) atoms. The van der Waals surface area contributed by atoms with Crippen molar-refractivity contribution in [2.45, 2.75) is 32.7 Å². The fourth-order valence-electron chi connectivity index (χ4n) is 2.29. The fourth-order valence-corrected chi connectivity index (χ4v) is 2.40. The minimum Gasteiger partial charge on any atom is -0.355 e. The predicted octanol–water partition coefficient (Wildman–Crippen LogP) is 0.248. The second kappa shape index (κ2) is 6.78. The summed E-state index contributed by atoms with van der Waals surface area (Å²) in [5, 5.41) is 2.72. The summed E-state index contributed by atoms with van der Waals surface area (Å²) in [5.41, 5.74) is 0. The van der Waals surface area contributed by atoms with Crippen molar-refractivity contribution in [3.05, 3.63) is 0 Å². The van der Waals surface area contributed by atoms with Crippen LogP contribution in [0, 0.1) is 5.92 Å². The maximum Gasteiger partial charge on any atom is 0.229 e. The van der Waals surface area contributed by atoms with Gasteiger partial charge in [0.15, 0.2) is 5.78 Å². The monoisotopic (exact) mass is 272 g/mol. The molecule has 2 amide bonds. The van der Waals surface area contributed by atoms with Gasteiger partial charge in [-0.15, -0.1) is 0 Å². The maximum absolute atomic E-state index is 11.8. The third-order valence-corrected chi connectivity index (χ3v) is 3.49. The van der Waals surface area contributed by atoms with E-state index in [2.05, 4.69) is 17.9 Å². The molecule has 0 spiro atoms. The Bertz CT molecular complexity index is 346. The Morgan fingerprint density at radius 3 is 2.72 bits per heavy atom. The first-order valence-electron chi connectivity index (χ1n) is 6.17. The summed E-state index contributed by atoms with van der Waals surface area (Å²) in [6.07, 6.45) is 1.04. The number of carbonyl (C=O) groups excluding carboxylic acids is 3. The van der Waals surface area contributed by atoms with Crippen molar-refractivity contribution in [2.75, 3.05) is 18.8 Å². The average Bonchev–Trinajstić information content (AvgIpc) is 2.68.